The molecule has 0 saturated carbocycles. The van der Waals surface area contributed by atoms with E-state index < -0.39 is 0 Å². The lowest BCUT2D eigenvalue weighted by Gasteiger charge is -2.13. The van der Waals surface area contributed by atoms with Gasteiger partial charge in [-0.1, -0.05) is 0 Å². The summed E-state index contributed by atoms with van der Waals surface area (Å²) in [6.45, 7) is 1.03. The van der Waals surface area contributed by atoms with Gasteiger partial charge in [-0.05, 0) is 12.8 Å². The first-order chi connectivity index (χ1) is 4.97. The van der Waals surface area contributed by atoms with E-state index in [1.807, 2.05) is 0 Å². The first kappa shape index (κ1) is 5.65. The Labute approximate surface area is 59.5 Å². The SMILES string of the molecule is c1cnc2c(n1)CCCN2. The fourth-order valence-corrected chi connectivity index (χ4v) is 1.16. The van der Waals surface area contributed by atoms with Crippen molar-refractivity contribution in [2.45, 2.75) is 12.8 Å². The van der Waals surface area contributed by atoms with Crippen LogP contribution in [0.4, 0.5) is 5.82 Å². The van der Waals surface area contributed by atoms with Crippen LogP contribution in [0, 0.1) is 0 Å². The Morgan fingerprint density at radius 1 is 1.30 bits per heavy atom. The van der Waals surface area contributed by atoms with Crippen molar-refractivity contribution in [2.24, 2.45) is 0 Å². The number of hydrogen-bond donors (Lipinski definition) is 1. The van der Waals surface area contributed by atoms with Gasteiger partial charge in [0, 0.05) is 18.9 Å². The molecule has 1 aromatic rings. The third kappa shape index (κ3) is 0.835. The highest BCUT2D eigenvalue weighted by molar-refractivity contribution is 5.41. The Bertz CT molecular complexity index is 209. The lowest BCUT2D eigenvalue weighted by Crippen LogP contribution is -2.14. The van der Waals surface area contributed by atoms with Crippen LogP contribution >= 0.6 is 0 Å². The minimum absolute atomic E-state index is 0.966. The van der Waals surface area contributed by atoms with E-state index >= 15 is 0 Å². The molecule has 0 radical (unpaired) electrons. The number of aryl methyl sites for hydroxylation is 1. The zero-order valence-corrected chi connectivity index (χ0v) is 5.67. The maximum absolute atomic E-state index is 4.19. The van der Waals surface area contributed by atoms with Crippen molar-refractivity contribution in [2.75, 3.05) is 11.9 Å². The number of rotatable bonds is 0. The van der Waals surface area contributed by atoms with E-state index in [1.165, 1.54) is 6.42 Å². The van der Waals surface area contributed by atoms with Gasteiger partial charge in [0.1, 0.15) is 5.82 Å². The van der Waals surface area contributed by atoms with Gasteiger partial charge < -0.3 is 5.32 Å². The van der Waals surface area contributed by atoms with Gasteiger partial charge in [0.15, 0.2) is 0 Å². The molecule has 1 aliphatic heterocycles. The summed E-state index contributed by atoms with van der Waals surface area (Å²) in [6, 6.07) is 0. The van der Waals surface area contributed by atoms with Gasteiger partial charge >= 0.3 is 0 Å². The van der Waals surface area contributed by atoms with Crippen LogP contribution in [0.25, 0.3) is 0 Å². The van der Waals surface area contributed by atoms with E-state index in [2.05, 4.69) is 15.3 Å². The van der Waals surface area contributed by atoms with Crippen molar-refractivity contribution in [1.29, 1.82) is 0 Å². The Morgan fingerprint density at radius 2 is 2.20 bits per heavy atom. The third-order valence-electron chi connectivity index (χ3n) is 1.66. The lowest BCUT2D eigenvalue weighted by molar-refractivity contribution is 0.787. The van der Waals surface area contributed by atoms with Gasteiger partial charge in [0.25, 0.3) is 0 Å². The van der Waals surface area contributed by atoms with Gasteiger partial charge in [-0.15, -0.1) is 0 Å². The standard InChI is InChI=1S/C7H9N3/c1-2-6-7(9-3-1)10-5-4-8-6/h4-5H,1-3H2,(H,9,10). The largest absolute Gasteiger partial charge is 0.369 e. The maximum atomic E-state index is 4.19. The van der Waals surface area contributed by atoms with E-state index in [1.54, 1.807) is 12.4 Å². The van der Waals surface area contributed by atoms with Crippen molar-refractivity contribution in [3.05, 3.63) is 18.1 Å². The first-order valence-electron chi connectivity index (χ1n) is 3.50. The molecule has 0 aliphatic carbocycles. The predicted molar refractivity (Wildman–Crippen MR) is 38.8 cm³/mol. The number of nitrogens with one attached hydrogen (secondary N) is 1. The number of anilines is 1. The summed E-state index contributed by atoms with van der Waals surface area (Å²) in [6.07, 6.45) is 5.70. The second-order valence-electron chi connectivity index (χ2n) is 2.38. The molecule has 1 aliphatic rings. The van der Waals surface area contributed by atoms with Crippen LogP contribution in [-0.2, 0) is 6.42 Å². The molecule has 0 saturated heterocycles. The molecule has 0 atom stereocenters. The summed E-state index contributed by atoms with van der Waals surface area (Å²) in [5, 5.41) is 3.19. The van der Waals surface area contributed by atoms with Crippen molar-refractivity contribution in [3.63, 3.8) is 0 Å². The highest BCUT2D eigenvalue weighted by atomic mass is 15.0. The van der Waals surface area contributed by atoms with Crippen molar-refractivity contribution >= 4 is 5.82 Å². The molecule has 0 amide bonds. The predicted octanol–water partition coefficient (Wildman–Crippen LogP) is 0.835. The van der Waals surface area contributed by atoms with Crippen LogP contribution in [0.2, 0.25) is 0 Å². The van der Waals surface area contributed by atoms with Crippen LogP contribution < -0.4 is 5.32 Å². The van der Waals surface area contributed by atoms with Crippen molar-refractivity contribution < 1.29 is 0 Å². The number of hydrogen-bond acceptors (Lipinski definition) is 3. The quantitative estimate of drug-likeness (QED) is 0.572. The van der Waals surface area contributed by atoms with Crippen LogP contribution in [0.3, 0.4) is 0 Å². The van der Waals surface area contributed by atoms with Crippen LogP contribution in [-0.4, -0.2) is 16.5 Å². The molecule has 52 valence electrons. The fourth-order valence-electron chi connectivity index (χ4n) is 1.16. The minimum Gasteiger partial charge on any atom is -0.369 e. The highest BCUT2D eigenvalue weighted by Crippen LogP contribution is 2.14. The minimum atomic E-state index is 0.966. The topological polar surface area (TPSA) is 37.8 Å². The molecule has 10 heavy (non-hydrogen) atoms. The Hall–Kier alpha value is -1.12. The molecule has 3 nitrogen and oxygen atoms in total. The van der Waals surface area contributed by atoms with Crippen LogP contribution in [0.1, 0.15) is 12.1 Å². The van der Waals surface area contributed by atoms with Gasteiger partial charge in [0.2, 0.25) is 0 Å². The first-order valence-corrected chi connectivity index (χ1v) is 3.50. The second kappa shape index (κ2) is 2.25. The van der Waals surface area contributed by atoms with E-state index in [9.17, 15) is 0 Å². The van der Waals surface area contributed by atoms with E-state index in [4.69, 9.17) is 0 Å². The number of fused-ring (bicyclic) bond motifs is 1. The normalized spacial score (nSPS) is 15.6. The van der Waals surface area contributed by atoms with E-state index in [-0.39, 0.29) is 0 Å². The van der Waals surface area contributed by atoms with Gasteiger partial charge in [-0.25, -0.2) is 4.98 Å². The summed E-state index contributed by atoms with van der Waals surface area (Å²) in [5.41, 5.74) is 1.11. The van der Waals surface area contributed by atoms with E-state index in [0.29, 0.717) is 0 Å². The summed E-state index contributed by atoms with van der Waals surface area (Å²) in [7, 11) is 0. The average Bonchev–Trinajstić information content (AvgIpc) is 2.05. The maximum Gasteiger partial charge on any atom is 0.147 e. The molecular weight excluding hydrogens is 126 g/mol. The number of aromatic nitrogens is 2. The zero-order valence-electron chi connectivity index (χ0n) is 5.67. The molecule has 3 heteroatoms. The van der Waals surface area contributed by atoms with Gasteiger partial charge in [-0.2, -0.15) is 0 Å². The molecule has 0 fully saturated rings. The highest BCUT2D eigenvalue weighted by Gasteiger charge is 2.08. The average molecular weight is 135 g/mol. The van der Waals surface area contributed by atoms with Crippen LogP contribution in [0.5, 0.6) is 0 Å². The molecule has 1 N–H and O–H groups in total. The second-order valence-corrected chi connectivity index (χ2v) is 2.38. The van der Waals surface area contributed by atoms with E-state index in [0.717, 1.165) is 24.5 Å². The van der Waals surface area contributed by atoms with Gasteiger partial charge in [-0.3, -0.25) is 4.98 Å². The zero-order chi connectivity index (χ0) is 6.81. The lowest BCUT2D eigenvalue weighted by atomic mass is 10.2. The van der Waals surface area contributed by atoms with Crippen LogP contribution in [0.15, 0.2) is 12.4 Å². The molecular formula is C7H9N3. The molecule has 0 bridgehead atoms. The molecule has 2 rings (SSSR count). The molecule has 0 unspecified atom stereocenters. The molecule has 2 heterocycles. The Balaban J connectivity index is 2.41. The Morgan fingerprint density at radius 3 is 3.10 bits per heavy atom. The summed E-state index contributed by atoms with van der Waals surface area (Å²) in [5.74, 6) is 0.966. The van der Waals surface area contributed by atoms with Gasteiger partial charge in [0.05, 0.1) is 5.69 Å². The molecule has 1 aromatic heterocycles. The summed E-state index contributed by atoms with van der Waals surface area (Å²) < 4.78 is 0. The smallest absolute Gasteiger partial charge is 0.147 e. The third-order valence-corrected chi connectivity index (χ3v) is 1.66. The van der Waals surface area contributed by atoms with Crippen molar-refractivity contribution in [1.82, 2.24) is 9.97 Å². The summed E-state index contributed by atoms with van der Waals surface area (Å²) in [4.78, 5) is 8.34. The fraction of sp³-hybridized carbons (Fsp3) is 0.429. The molecule has 0 spiro atoms. The number of nitrogens with zero attached hydrogens (tertiary/aromatic N) is 2. The summed E-state index contributed by atoms with van der Waals surface area (Å²) >= 11 is 0. The monoisotopic (exact) mass is 135 g/mol. The Kier molecular flexibility index (Phi) is 1.27. The molecule has 0 aromatic carbocycles. The van der Waals surface area contributed by atoms with Crippen molar-refractivity contribution in [3.8, 4) is 0 Å².